The van der Waals surface area contributed by atoms with Gasteiger partial charge in [-0.1, -0.05) is 12.1 Å². The van der Waals surface area contributed by atoms with Crippen LogP contribution < -0.4 is 5.56 Å². The van der Waals surface area contributed by atoms with E-state index < -0.39 is 0 Å². The first-order valence-corrected chi connectivity index (χ1v) is 9.40. The maximum absolute atomic E-state index is 12.9. The van der Waals surface area contributed by atoms with Gasteiger partial charge in [-0.2, -0.15) is 0 Å². The second-order valence-corrected chi connectivity index (χ2v) is 7.65. The number of amides is 1. The number of aryl methyl sites for hydroxylation is 1. The first kappa shape index (κ1) is 16.2. The molecule has 1 aliphatic heterocycles. The minimum Gasteiger partial charge on any atom is -0.336 e. The lowest BCUT2D eigenvalue weighted by Gasteiger charge is -2.39. The summed E-state index contributed by atoms with van der Waals surface area (Å²) in [7, 11) is 0. The minimum atomic E-state index is -0.0704. The van der Waals surface area contributed by atoms with E-state index in [2.05, 4.69) is 19.9 Å². The van der Waals surface area contributed by atoms with Crippen LogP contribution in [0.4, 0.5) is 0 Å². The van der Waals surface area contributed by atoms with Crippen molar-refractivity contribution >= 4 is 16.9 Å². The third kappa shape index (κ3) is 2.49. The number of aromatic nitrogens is 4. The number of hydrogen-bond acceptors (Lipinski definition) is 4. The number of carbonyl (C=O) groups is 1. The summed E-state index contributed by atoms with van der Waals surface area (Å²) < 4.78 is 0. The molecule has 1 aliphatic carbocycles. The van der Waals surface area contributed by atoms with Crippen LogP contribution in [0, 0.1) is 6.92 Å². The Morgan fingerprint density at radius 1 is 1.11 bits per heavy atom. The van der Waals surface area contributed by atoms with Crippen molar-refractivity contribution in [2.24, 2.45) is 0 Å². The number of H-pyrrole nitrogens is 2. The van der Waals surface area contributed by atoms with Gasteiger partial charge in [0.05, 0.1) is 16.7 Å². The van der Waals surface area contributed by atoms with Gasteiger partial charge in [0, 0.05) is 24.1 Å². The average Bonchev–Trinajstić information content (AvgIpc) is 3.25. The van der Waals surface area contributed by atoms with E-state index in [1.807, 2.05) is 36.1 Å². The molecule has 0 saturated carbocycles. The third-order valence-electron chi connectivity index (χ3n) is 6.09. The van der Waals surface area contributed by atoms with Crippen LogP contribution in [0.2, 0.25) is 0 Å². The molecule has 2 aromatic heterocycles. The van der Waals surface area contributed by atoms with Crippen LogP contribution >= 0.6 is 0 Å². The van der Waals surface area contributed by atoms with Crippen LogP contribution in [-0.2, 0) is 11.8 Å². The van der Waals surface area contributed by atoms with Crippen molar-refractivity contribution in [3.63, 3.8) is 0 Å². The van der Waals surface area contributed by atoms with E-state index in [-0.39, 0.29) is 16.9 Å². The highest BCUT2D eigenvalue weighted by Gasteiger charge is 2.44. The highest BCUT2D eigenvalue weighted by Crippen LogP contribution is 2.44. The quantitative estimate of drug-likeness (QED) is 0.692. The van der Waals surface area contributed by atoms with Gasteiger partial charge in [0.15, 0.2) is 5.82 Å². The second kappa shape index (κ2) is 5.77. The molecule has 138 valence electrons. The maximum atomic E-state index is 12.9. The first-order chi connectivity index (χ1) is 13.1. The van der Waals surface area contributed by atoms with Crippen molar-refractivity contribution in [1.29, 1.82) is 0 Å². The fraction of sp³-hybridized carbons (Fsp3) is 0.400. The summed E-state index contributed by atoms with van der Waals surface area (Å²) in [6.07, 6.45) is 3.38. The molecule has 7 heteroatoms. The molecule has 0 radical (unpaired) electrons. The molecule has 1 aromatic carbocycles. The number of nitrogens with one attached hydrogen (secondary N) is 2. The van der Waals surface area contributed by atoms with Gasteiger partial charge < -0.3 is 14.9 Å². The number of benzene rings is 1. The van der Waals surface area contributed by atoms with E-state index in [1.54, 1.807) is 0 Å². The number of likely N-dealkylation sites (tertiary alicyclic amines) is 1. The monoisotopic (exact) mass is 363 g/mol. The predicted octanol–water partition coefficient (Wildman–Crippen LogP) is 2.07. The average molecular weight is 363 g/mol. The highest BCUT2D eigenvalue weighted by molar-refractivity contribution is 5.94. The molecule has 27 heavy (non-hydrogen) atoms. The lowest BCUT2D eigenvalue weighted by atomic mass is 9.76. The number of carbonyl (C=O) groups excluding carboxylic acids is 1. The number of hydrogen-bond donors (Lipinski definition) is 2. The van der Waals surface area contributed by atoms with Crippen molar-refractivity contribution in [2.45, 2.75) is 38.0 Å². The summed E-state index contributed by atoms with van der Waals surface area (Å²) >= 11 is 0. The normalized spacial score (nSPS) is 18.2. The summed E-state index contributed by atoms with van der Waals surface area (Å²) in [5.41, 5.74) is 3.39. The molecule has 0 unspecified atom stereocenters. The molecular formula is C20H21N5O2. The minimum absolute atomic E-state index is 0.00448. The SMILES string of the molecule is Cc1nc2c(c(=O)[nH]1)CCC21CCN(C(=O)c2nc3ccccc3[nH]2)CC1. The van der Waals surface area contributed by atoms with Crippen LogP contribution in [-0.4, -0.2) is 43.8 Å². The Morgan fingerprint density at radius 3 is 2.67 bits per heavy atom. The zero-order chi connectivity index (χ0) is 18.6. The Bertz CT molecular complexity index is 1070. The molecule has 0 bridgehead atoms. The lowest BCUT2D eigenvalue weighted by Crippen LogP contribution is -2.45. The molecule has 1 fully saturated rings. The van der Waals surface area contributed by atoms with Gasteiger partial charge in [-0.05, 0) is 44.7 Å². The van der Waals surface area contributed by atoms with Crippen LogP contribution in [0.3, 0.4) is 0 Å². The fourth-order valence-corrected chi connectivity index (χ4v) is 4.59. The van der Waals surface area contributed by atoms with E-state index in [9.17, 15) is 9.59 Å². The summed E-state index contributed by atoms with van der Waals surface area (Å²) in [6, 6.07) is 7.66. The highest BCUT2D eigenvalue weighted by atomic mass is 16.2. The number of piperidine rings is 1. The Kier molecular flexibility index (Phi) is 3.47. The molecule has 2 N–H and O–H groups in total. The topological polar surface area (TPSA) is 94.7 Å². The number of fused-ring (bicyclic) bond motifs is 3. The predicted molar refractivity (Wildman–Crippen MR) is 101 cm³/mol. The molecule has 7 nitrogen and oxygen atoms in total. The molecule has 1 saturated heterocycles. The van der Waals surface area contributed by atoms with Crippen molar-refractivity contribution in [3.05, 3.63) is 57.5 Å². The number of nitrogens with zero attached hydrogens (tertiary/aromatic N) is 3. The van der Waals surface area contributed by atoms with Crippen LogP contribution in [0.1, 0.15) is 47.0 Å². The standard InChI is InChI=1S/C20H21N5O2/c1-12-21-16-13(18(26)22-12)6-7-20(16)8-10-25(11-9-20)19(27)17-23-14-4-2-3-5-15(14)24-17/h2-5H,6-11H2,1H3,(H,23,24)(H,21,22,26). The molecule has 3 aromatic rings. The Morgan fingerprint density at radius 2 is 1.89 bits per heavy atom. The van der Waals surface area contributed by atoms with Crippen LogP contribution in [0.25, 0.3) is 11.0 Å². The van der Waals surface area contributed by atoms with Gasteiger partial charge in [-0.15, -0.1) is 0 Å². The van der Waals surface area contributed by atoms with Gasteiger partial charge in [0.2, 0.25) is 0 Å². The molecule has 0 atom stereocenters. The molecular weight excluding hydrogens is 342 g/mol. The lowest BCUT2D eigenvalue weighted by molar-refractivity contribution is 0.0652. The van der Waals surface area contributed by atoms with E-state index in [4.69, 9.17) is 0 Å². The van der Waals surface area contributed by atoms with Gasteiger partial charge in [0.25, 0.3) is 11.5 Å². The van der Waals surface area contributed by atoms with Crippen LogP contribution in [0.15, 0.2) is 29.1 Å². The van der Waals surface area contributed by atoms with Gasteiger partial charge >= 0.3 is 0 Å². The molecule has 2 aliphatic rings. The number of imidazole rings is 1. The number of para-hydroxylation sites is 2. The number of rotatable bonds is 1. The van der Waals surface area contributed by atoms with Crippen molar-refractivity contribution < 1.29 is 4.79 Å². The molecule has 3 heterocycles. The van der Waals surface area contributed by atoms with Crippen molar-refractivity contribution in [1.82, 2.24) is 24.8 Å². The summed E-state index contributed by atoms with van der Waals surface area (Å²) in [5, 5.41) is 0. The largest absolute Gasteiger partial charge is 0.336 e. The molecule has 1 spiro atoms. The summed E-state index contributed by atoms with van der Waals surface area (Å²) in [4.78, 5) is 42.0. The Hall–Kier alpha value is -2.96. The third-order valence-corrected chi connectivity index (χ3v) is 6.09. The summed E-state index contributed by atoms with van der Waals surface area (Å²) in [6.45, 7) is 3.14. The zero-order valence-corrected chi connectivity index (χ0v) is 15.2. The van der Waals surface area contributed by atoms with Crippen molar-refractivity contribution in [3.8, 4) is 0 Å². The molecule has 1 amide bonds. The smallest absolute Gasteiger partial charge is 0.289 e. The second-order valence-electron chi connectivity index (χ2n) is 7.65. The van der Waals surface area contributed by atoms with E-state index in [0.717, 1.165) is 48.0 Å². The van der Waals surface area contributed by atoms with Gasteiger partial charge in [-0.3, -0.25) is 9.59 Å². The maximum Gasteiger partial charge on any atom is 0.289 e. The van der Waals surface area contributed by atoms with E-state index in [1.165, 1.54) is 0 Å². The van der Waals surface area contributed by atoms with Gasteiger partial charge in [0.1, 0.15) is 5.82 Å². The number of aromatic amines is 2. The molecule has 5 rings (SSSR count). The Labute approximate surface area is 155 Å². The van der Waals surface area contributed by atoms with Crippen molar-refractivity contribution in [2.75, 3.05) is 13.1 Å². The Balaban J connectivity index is 1.38. The van der Waals surface area contributed by atoms with Gasteiger partial charge in [-0.25, -0.2) is 9.97 Å². The fourth-order valence-electron chi connectivity index (χ4n) is 4.59. The first-order valence-electron chi connectivity index (χ1n) is 9.40. The van der Waals surface area contributed by atoms with Crippen LogP contribution in [0.5, 0.6) is 0 Å². The zero-order valence-electron chi connectivity index (χ0n) is 15.2. The van der Waals surface area contributed by atoms with E-state index in [0.29, 0.717) is 24.7 Å². The summed E-state index contributed by atoms with van der Waals surface area (Å²) in [5.74, 6) is 1.000. The van der Waals surface area contributed by atoms with E-state index >= 15 is 0 Å².